The molecule has 0 nitrogen and oxygen atoms in total. The fourth-order valence-electron chi connectivity index (χ4n) is 4.53. The number of aryl methyl sites for hydroxylation is 4. The van der Waals surface area contributed by atoms with Gasteiger partial charge in [-0.05, 0) is 0 Å². The molecule has 0 unspecified atom stereocenters. The maximum Gasteiger partial charge on any atom is -1.00 e. The van der Waals surface area contributed by atoms with E-state index in [2.05, 4.69) is 98.4 Å². The van der Waals surface area contributed by atoms with E-state index in [9.17, 15) is 0 Å². The van der Waals surface area contributed by atoms with Crippen LogP contribution in [-0.4, -0.2) is 8.80 Å². The molecule has 5 heteroatoms. The van der Waals surface area contributed by atoms with Gasteiger partial charge in [0.1, 0.15) is 0 Å². The minimum Gasteiger partial charge on any atom is -1.00 e. The van der Waals surface area contributed by atoms with Gasteiger partial charge >= 0.3 is 173 Å². The third kappa shape index (κ3) is 6.35. The van der Waals surface area contributed by atoms with Crippen molar-refractivity contribution in [2.24, 2.45) is 0 Å². The van der Waals surface area contributed by atoms with Gasteiger partial charge in [-0.15, -0.1) is 0 Å². The summed E-state index contributed by atoms with van der Waals surface area (Å²) in [5, 5.41) is 4.91. The third-order valence-corrected chi connectivity index (χ3v) is 9.82. The summed E-state index contributed by atoms with van der Waals surface area (Å²) in [4.78, 5) is 0. The molecule has 0 fully saturated rings. The summed E-state index contributed by atoms with van der Waals surface area (Å²) in [7, 11) is -1.43. The van der Waals surface area contributed by atoms with Gasteiger partial charge in [0.05, 0.1) is 0 Å². The van der Waals surface area contributed by atoms with Crippen molar-refractivity contribution in [3.63, 3.8) is 0 Å². The molecule has 0 amide bonds. The Morgan fingerprint density at radius 2 is 1.10 bits per heavy atom. The predicted molar refractivity (Wildman–Crippen MR) is 113 cm³/mol. The normalized spacial score (nSPS) is 13.3. The van der Waals surface area contributed by atoms with Crippen molar-refractivity contribution in [2.75, 3.05) is 0 Å². The van der Waals surface area contributed by atoms with Gasteiger partial charge in [-0.25, -0.2) is 0 Å². The van der Waals surface area contributed by atoms with E-state index in [0.717, 1.165) is 6.42 Å². The first-order chi connectivity index (χ1) is 12.3. The smallest absolute Gasteiger partial charge is 1.00 e. The monoisotopic (exact) mass is 498 g/mol. The van der Waals surface area contributed by atoms with E-state index in [1.54, 1.807) is 30.6 Å². The van der Waals surface area contributed by atoms with Crippen molar-refractivity contribution in [1.82, 2.24) is 0 Å². The van der Waals surface area contributed by atoms with Crippen LogP contribution in [0.25, 0.3) is 0 Å². The van der Waals surface area contributed by atoms with Gasteiger partial charge in [0.15, 0.2) is 0 Å². The molecular weight excluding hydrogens is 471 g/mol. The van der Waals surface area contributed by atoms with Crippen LogP contribution in [0.2, 0.25) is 0 Å². The second-order valence-electron chi connectivity index (χ2n) is 7.96. The maximum atomic E-state index is 2.45. The van der Waals surface area contributed by atoms with Crippen LogP contribution in [0.5, 0.6) is 0 Å². The van der Waals surface area contributed by atoms with E-state index in [1.807, 2.05) is 0 Å². The summed E-state index contributed by atoms with van der Waals surface area (Å²) < 4.78 is 1.55. The Hall–Kier alpha value is -0.279. The second kappa shape index (κ2) is 11.9. The Bertz CT molecular complexity index is 840. The number of allylic oxidation sites excluding steroid dienone is 4. The van der Waals surface area contributed by atoms with E-state index in [0.29, 0.717) is 0 Å². The van der Waals surface area contributed by atoms with Gasteiger partial charge in [-0.2, -0.15) is 0 Å². The zero-order chi connectivity index (χ0) is 19.0. The average molecular weight is 500 g/mol. The molecule has 0 aromatic heterocycles. The van der Waals surface area contributed by atoms with Crippen molar-refractivity contribution in [3.8, 4) is 0 Å². The molecule has 0 saturated heterocycles. The zero-order valence-corrected chi connectivity index (χ0v) is 23.1. The Morgan fingerprint density at radius 1 is 0.724 bits per heavy atom. The van der Waals surface area contributed by atoms with Crippen LogP contribution in [-0.2, 0) is 20.4 Å². The molecule has 1 aliphatic rings. The average Bonchev–Trinajstić information content (AvgIpc) is 2.80. The topological polar surface area (TPSA) is 0 Å². The molecule has 154 valence electrons. The van der Waals surface area contributed by atoms with Gasteiger partial charge in [0, 0.05) is 0 Å². The molecule has 2 aromatic rings. The Labute approximate surface area is 208 Å². The number of benzene rings is 2. The summed E-state index contributed by atoms with van der Waals surface area (Å²) in [6, 6.07) is 14.4. The van der Waals surface area contributed by atoms with Crippen LogP contribution in [0.1, 0.15) is 48.9 Å². The summed E-state index contributed by atoms with van der Waals surface area (Å²) in [5.74, 6) is 0. The molecule has 0 saturated carbocycles. The molecule has 0 aliphatic heterocycles. The fourth-order valence-corrected chi connectivity index (χ4v) is 9.53. The standard InChI is InChI=1S/C24H29Si.3ClH.Ti/c1-7-21-10-20(6)15-24(21)25(22-11-16(2)8-17(3)12-22)23-13-18(4)9-19(5)14-23;;;;/h8-9,11-14,25H,7,15H2,1-6H3;3*1H;/q;;;;+3/p-3. The van der Waals surface area contributed by atoms with Gasteiger partial charge in [-0.3, -0.25) is 0 Å². The van der Waals surface area contributed by atoms with Gasteiger partial charge < -0.3 is 37.2 Å². The van der Waals surface area contributed by atoms with Crippen LogP contribution in [0.15, 0.2) is 56.6 Å². The molecule has 0 spiro atoms. The number of rotatable bonds is 4. The molecule has 2 aromatic carbocycles. The summed E-state index contributed by atoms with van der Waals surface area (Å²) in [6.45, 7) is 13.6. The molecular formula is C24H29Cl3SiTi. The molecule has 0 heterocycles. The SMILES string of the molecule is CCC1=C([SiH](c2cc(C)cc(C)c2)c2cc(C)cc(C)c2)CC(C)=[C]1[Ti+3].[Cl-].[Cl-].[Cl-]. The molecule has 1 aliphatic carbocycles. The maximum absolute atomic E-state index is 2.45. The Morgan fingerprint density at radius 3 is 1.45 bits per heavy atom. The molecule has 0 bridgehead atoms. The van der Waals surface area contributed by atoms with E-state index in [1.165, 1.54) is 28.7 Å². The van der Waals surface area contributed by atoms with Gasteiger partial charge in [0.2, 0.25) is 0 Å². The van der Waals surface area contributed by atoms with Crippen LogP contribution in [0.3, 0.4) is 0 Å². The van der Waals surface area contributed by atoms with Crippen LogP contribution in [0, 0.1) is 27.7 Å². The first-order valence-corrected chi connectivity index (χ1v) is 12.1. The molecule has 29 heavy (non-hydrogen) atoms. The number of hydrogen-bond acceptors (Lipinski definition) is 0. The van der Waals surface area contributed by atoms with E-state index < -0.39 is 8.80 Å². The molecule has 0 atom stereocenters. The summed E-state index contributed by atoms with van der Waals surface area (Å²) in [6.07, 6.45) is 2.32. The zero-order valence-electron chi connectivity index (χ0n) is 18.1. The van der Waals surface area contributed by atoms with Crippen molar-refractivity contribution >= 4 is 19.2 Å². The quantitative estimate of drug-likeness (QED) is 0.374. The van der Waals surface area contributed by atoms with E-state index >= 15 is 0 Å². The van der Waals surface area contributed by atoms with Gasteiger partial charge in [0.25, 0.3) is 0 Å². The molecule has 3 rings (SSSR count). The van der Waals surface area contributed by atoms with Crippen molar-refractivity contribution in [2.45, 2.75) is 54.4 Å². The second-order valence-corrected chi connectivity index (χ2v) is 11.6. The minimum atomic E-state index is -1.43. The van der Waals surface area contributed by atoms with E-state index in [4.69, 9.17) is 0 Å². The number of hydrogen-bond donors (Lipinski definition) is 0. The first kappa shape index (κ1) is 28.7. The van der Waals surface area contributed by atoms with Gasteiger partial charge in [-0.1, -0.05) is 0 Å². The summed E-state index contributed by atoms with van der Waals surface area (Å²) in [5.41, 5.74) is 8.76. The summed E-state index contributed by atoms with van der Waals surface area (Å²) >= 11 is 2.33. The van der Waals surface area contributed by atoms with Crippen molar-refractivity contribution < 1.29 is 57.7 Å². The number of halogens is 3. The Balaban J connectivity index is 0.00000261. The van der Waals surface area contributed by atoms with Crippen LogP contribution < -0.4 is 47.6 Å². The minimum absolute atomic E-state index is 0. The van der Waals surface area contributed by atoms with E-state index in [-0.39, 0.29) is 37.2 Å². The molecule has 0 N–H and O–H groups in total. The predicted octanol–water partition coefficient (Wildman–Crippen LogP) is -4.26. The molecule has 0 radical (unpaired) electrons. The van der Waals surface area contributed by atoms with Crippen LogP contribution >= 0.6 is 0 Å². The fraction of sp³-hybridized carbons (Fsp3) is 0.333. The first-order valence-electron chi connectivity index (χ1n) is 9.60. The Kier molecular flexibility index (Phi) is 11.8. The largest absolute Gasteiger partial charge is 1.00 e. The third-order valence-electron chi connectivity index (χ3n) is 5.43. The van der Waals surface area contributed by atoms with Crippen molar-refractivity contribution in [1.29, 1.82) is 0 Å². The van der Waals surface area contributed by atoms with Crippen molar-refractivity contribution in [3.05, 3.63) is 78.9 Å². The van der Waals surface area contributed by atoms with Crippen LogP contribution in [0.4, 0.5) is 0 Å².